The van der Waals surface area contributed by atoms with E-state index < -0.39 is 5.97 Å². The minimum Gasteiger partial charge on any atom is -0.480 e. The highest BCUT2D eigenvalue weighted by molar-refractivity contribution is 5.74. The van der Waals surface area contributed by atoms with Gasteiger partial charge in [0.25, 0.3) is 0 Å². The highest BCUT2D eigenvalue weighted by atomic mass is 16.4. The van der Waals surface area contributed by atoms with Crippen LogP contribution in [0.1, 0.15) is 58.8 Å². The topological polar surface area (TPSA) is 49.3 Å². The fraction of sp³-hybridized carbons (Fsp3) is 0.929. The Bertz CT molecular complexity index is 224. The van der Waals surface area contributed by atoms with Crippen molar-refractivity contribution in [1.82, 2.24) is 5.32 Å². The molecule has 0 spiro atoms. The lowest BCUT2D eigenvalue weighted by atomic mass is 10.0. The maximum absolute atomic E-state index is 11.0. The molecule has 100 valence electrons. The molecule has 1 rings (SSSR count). The first-order valence-corrected chi connectivity index (χ1v) is 7.07. The predicted molar refractivity (Wildman–Crippen MR) is 70.1 cm³/mol. The van der Waals surface area contributed by atoms with E-state index in [4.69, 9.17) is 5.11 Å². The van der Waals surface area contributed by atoms with Crippen molar-refractivity contribution in [2.45, 2.75) is 64.8 Å². The fourth-order valence-electron chi connectivity index (χ4n) is 2.17. The Kier molecular flexibility index (Phi) is 6.56. The van der Waals surface area contributed by atoms with Gasteiger partial charge in [-0.25, -0.2) is 0 Å². The normalized spacial score (nSPS) is 17.4. The second kappa shape index (κ2) is 7.70. The predicted octanol–water partition coefficient (Wildman–Crippen LogP) is 3.05. The molecule has 1 fully saturated rings. The van der Waals surface area contributed by atoms with E-state index in [1.807, 2.05) is 0 Å². The zero-order valence-electron chi connectivity index (χ0n) is 11.2. The summed E-state index contributed by atoms with van der Waals surface area (Å²) in [6.45, 7) is 5.37. The Morgan fingerprint density at radius 2 is 1.88 bits per heavy atom. The molecular weight excluding hydrogens is 214 g/mol. The Morgan fingerprint density at radius 1 is 1.24 bits per heavy atom. The van der Waals surface area contributed by atoms with E-state index in [9.17, 15) is 4.79 Å². The van der Waals surface area contributed by atoms with Crippen LogP contribution in [0.25, 0.3) is 0 Å². The summed E-state index contributed by atoms with van der Waals surface area (Å²) >= 11 is 0. The van der Waals surface area contributed by atoms with Gasteiger partial charge in [-0.15, -0.1) is 0 Å². The van der Waals surface area contributed by atoms with E-state index in [2.05, 4.69) is 19.2 Å². The van der Waals surface area contributed by atoms with Gasteiger partial charge in [0.15, 0.2) is 0 Å². The quantitative estimate of drug-likeness (QED) is 0.578. The van der Waals surface area contributed by atoms with Crippen LogP contribution in [0.4, 0.5) is 0 Å². The minimum atomic E-state index is -0.674. The molecule has 3 heteroatoms. The van der Waals surface area contributed by atoms with Crippen molar-refractivity contribution in [1.29, 1.82) is 0 Å². The summed E-state index contributed by atoms with van der Waals surface area (Å²) in [4.78, 5) is 11.0. The standard InChI is InChI=1S/C14H27NO2/c1-11(2)7-5-3-4-6-10-15-13(14(16)17)12-8-9-12/h11-13,15H,3-10H2,1-2H3,(H,16,17). The first kappa shape index (κ1) is 14.5. The lowest BCUT2D eigenvalue weighted by Gasteiger charge is -2.13. The van der Waals surface area contributed by atoms with Crippen LogP contribution in [0.2, 0.25) is 0 Å². The first-order valence-electron chi connectivity index (χ1n) is 7.07. The second-order valence-electron chi connectivity index (χ2n) is 5.70. The van der Waals surface area contributed by atoms with Gasteiger partial charge in [-0.3, -0.25) is 4.79 Å². The number of rotatable bonds is 10. The van der Waals surface area contributed by atoms with Crippen molar-refractivity contribution in [2.24, 2.45) is 11.8 Å². The van der Waals surface area contributed by atoms with Crippen LogP contribution in [-0.2, 0) is 4.79 Å². The number of carboxylic acid groups (broad SMARTS) is 1. The third-order valence-electron chi connectivity index (χ3n) is 3.43. The van der Waals surface area contributed by atoms with Crippen LogP contribution < -0.4 is 5.32 Å². The average molecular weight is 241 g/mol. The number of aliphatic carboxylic acids is 1. The smallest absolute Gasteiger partial charge is 0.320 e. The molecular formula is C14H27NO2. The molecule has 0 heterocycles. The van der Waals surface area contributed by atoms with E-state index in [1.54, 1.807) is 0 Å². The van der Waals surface area contributed by atoms with Crippen LogP contribution >= 0.6 is 0 Å². The maximum atomic E-state index is 11.0. The van der Waals surface area contributed by atoms with Gasteiger partial charge >= 0.3 is 5.97 Å². The summed E-state index contributed by atoms with van der Waals surface area (Å²) in [5, 5.41) is 12.2. The molecule has 2 N–H and O–H groups in total. The van der Waals surface area contributed by atoms with Crippen LogP contribution in [0.3, 0.4) is 0 Å². The average Bonchev–Trinajstić information content (AvgIpc) is 3.05. The van der Waals surface area contributed by atoms with Gasteiger partial charge < -0.3 is 10.4 Å². The molecule has 0 amide bonds. The molecule has 1 aliphatic rings. The van der Waals surface area contributed by atoms with E-state index in [1.165, 1.54) is 25.7 Å². The maximum Gasteiger partial charge on any atom is 0.320 e. The summed E-state index contributed by atoms with van der Waals surface area (Å²) in [5.74, 6) is 0.528. The molecule has 0 radical (unpaired) electrons. The minimum absolute atomic E-state index is 0.286. The van der Waals surface area contributed by atoms with Gasteiger partial charge in [-0.1, -0.05) is 39.5 Å². The molecule has 1 aliphatic carbocycles. The summed E-state index contributed by atoms with van der Waals surface area (Å²) in [5.41, 5.74) is 0. The van der Waals surface area contributed by atoms with E-state index >= 15 is 0 Å². The molecule has 17 heavy (non-hydrogen) atoms. The van der Waals surface area contributed by atoms with Gasteiger partial charge in [0, 0.05) is 0 Å². The number of hydrogen-bond acceptors (Lipinski definition) is 2. The van der Waals surface area contributed by atoms with Crippen LogP contribution in [0, 0.1) is 11.8 Å². The molecule has 0 bridgehead atoms. The molecule has 0 aliphatic heterocycles. The van der Waals surface area contributed by atoms with Crippen LogP contribution in [-0.4, -0.2) is 23.7 Å². The molecule has 0 aromatic rings. The van der Waals surface area contributed by atoms with Crippen molar-refractivity contribution < 1.29 is 9.90 Å². The van der Waals surface area contributed by atoms with Gasteiger partial charge in [-0.2, -0.15) is 0 Å². The highest BCUT2D eigenvalue weighted by Crippen LogP contribution is 2.32. The van der Waals surface area contributed by atoms with Gasteiger partial charge in [0.1, 0.15) is 6.04 Å². The summed E-state index contributed by atoms with van der Waals surface area (Å²) in [6.07, 6.45) is 8.39. The van der Waals surface area contributed by atoms with E-state index in [0.29, 0.717) is 5.92 Å². The van der Waals surface area contributed by atoms with Crippen molar-refractivity contribution in [3.8, 4) is 0 Å². The SMILES string of the molecule is CC(C)CCCCCCNC(C(=O)O)C1CC1. The number of carboxylic acids is 1. The zero-order valence-corrected chi connectivity index (χ0v) is 11.2. The largest absolute Gasteiger partial charge is 0.480 e. The monoisotopic (exact) mass is 241 g/mol. The van der Waals surface area contributed by atoms with Gasteiger partial charge in [-0.05, 0) is 37.6 Å². The molecule has 0 saturated heterocycles. The number of unbranched alkanes of at least 4 members (excludes halogenated alkanes) is 3. The third-order valence-corrected chi connectivity index (χ3v) is 3.43. The Balaban J connectivity index is 1.94. The lowest BCUT2D eigenvalue weighted by molar-refractivity contribution is -0.140. The Morgan fingerprint density at radius 3 is 2.41 bits per heavy atom. The summed E-state index contributed by atoms with van der Waals surface area (Å²) in [7, 11) is 0. The Labute approximate surface area is 105 Å². The van der Waals surface area contributed by atoms with Crippen molar-refractivity contribution in [3.05, 3.63) is 0 Å². The Hall–Kier alpha value is -0.570. The number of hydrogen-bond donors (Lipinski definition) is 2. The van der Waals surface area contributed by atoms with E-state index in [-0.39, 0.29) is 6.04 Å². The molecule has 3 nitrogen and oxygen atoms in total. The third kappa shape index (κ3) is 6.67. The summed E-state index contributed by atoms with van der Waals surface area (Å²) < 4.78 is 0. The van der Waals surface area contributed by atoms with Gasteiger partial charge in [0.05, 0.1) is 0 Å². The van der Waals surface area contributed by atoms with Crippen LogP contribution in [0.15, 0.2) is 0 Å². The van der Waals surface area contributed by atoms with Gasteiger partial charge in [0.2, 0.25) is 0 Å². The van der Waals surface area contributed by atoms with Crippen molar-refractivity contribution in [3.63, 3.8) is 0 Å². The number of nitrogens with one attached hydrogen (secondary N) is 1. The van der Waals surface area contributed by atoms with Crippen molar-refractivity contribution >= 4 is 5.97 Å². The molecule has 1 atom stereocenters. The first-order chi connectivity index (χ1) is 8.11. The molecule has 0 aromatic heterocycles. The molecule has 1 saturated carbocycles. The zero-order chi connectivity index (χ0) is 12.7. The second-order valence-corrected chi connectivity index (χ2v) is 5.70. The van der Waals surface area contributed by atoms with E-state index in [0.717, 1.165) is 31.7 Å². The van der Waals surface area contributed by atoms with Crippen molar-refractivity contribution in [2.75, 3.05) is 6.54 Å². The molecule has 0 aromatic carbocycles. The fourth-order valence-corrected chi connectivity index (χ4v) is 2.17. The summed E-state index contributed by atoms with van der Waals surface area (Å²) in [6, 6.07) is -0.286. The molecule has 1 unspecified atom stereocenters. The lowest BCUT2D eigenvalue weighted by Crippen LogP contribution is -2.39. The number of carbonyl (C=O) groups is 1. The highest BCUT2D eigenvalue weighted by Gasteiger charge is 2.35. The van der Waals surface area contributed by atoms with Crippen LogP contribution in [0.5, 0.6) is 0 Å².